The highest BCUT2D eigenvalue weighted by Crippen LogP contribution is 2.66. The lowest BCUT2D eigenvalue weighted by Crippen LogP contribution is -2.49. The summed E-state index contributed by atoms with van der Waals surface area (Å²) in [5, 5.41) is 13.1. The molecule has 132 valence electrons. The van der Waals surface area contributed by atoms with Crippen LogP contribution >= 0.6 is 0 Å². The number of hydrogen-bond donors (Lipinski definition) is 1. The van der Waals surface area contributed by atoms with Crippen molar-refractivity contribution < 1.29 is 5.11 Å². The van der Waals surface area contributed by atoms with Crippen molar-refractivity contribution >= 4 is 0 Å². The van der Waals surface area contributed by atoms with E-state index in [1.165, 1.54) is 31.3 Å². The summed E-state index contributed by atoms with van der Waals surface area (Å²) in [5.74, 6) is 2.32. The molecule has 6 atom stereocenters. The van der Waals surface area contributed by atoms with E-state index < -0.39 is 0 Å². The van der Waals surface area contributed by atoms with Crippen molar-refractivity contribution in [2.45, 2.75) is 71.3 Å². The van der Waals surface area contributed by atoms with E-state index in [9.17, 15) is 10.0 Å². The summed E-state index contributed by atoms with van der Waals surface area (Å²) in [6, 6.07) is 0. The highest BCUT2D eigenvalue weighted by Gasteiger charge is 2.56. The van der Waals surface area contributed by atoms with Gasteiger partial charge in [-0.15, -0.1) is 0 Å². The summed E-state index contributed by atoms with van der Waals surface area (Å²) in [6.07, 6.45) is 13.7. The van der Waals surface area contributed by atoms with Crippen molar-refractivity contribution in [2.24, 2.45) is 33.8 Å². The van der Waals surface area contributed by atoms with Gasteiger partial charge >= 0.3 is 0 Å². The number of allylic oxidation sites excluding steroid dienone is 2. The van der Waals surface area contributed by atoms with Gasteiger partial charge in [0.25, 0.3) is 0 Å². The number of fused-ring (bicyclic) bond motifs is 5. The van der Waals surface area contributed by atoms with Crippen LogP contribution in [0.4, 0.5) is 0 Å². The van der Waals surface area contributed by atoms with E-state index in [1.807, 2.05) is 0 Å². The summed E-state index contributed by atoms with van der Waals surface area (Å²) in [4.78, 5) is 10.6. The monoisotopic (exact) mass is 329 g/mol. The van der Waals surface area contributed by atoms with Gasteiger partial charge in [0.15, 0.2) is 0 Å². The summed E-state index contributed by atoms with van der Waals surface area (Å²) in [6.45, 7) is 5.27. The Balaban J connectivity index is 1.64. The average Bonchev–Trinajstić information content (AvgIpc) is 2.90. The lowest BCUT2D eigenvalue weighted by Gasteiger charge is -2.57. The number of aliphatic hydroxyl groups is 1. The highest BCUT2D eigenvalue weighted by molar-refractivity contribution is 5.29. The van der Waals surface area contributed by atoms with Crippen molar-refractivity contribution in [2.75, 3.05) is 6.54 Å². The predicted molar refractivity (Wildman–Crippen MR) is 96.5 cm³/mol. The summed E-state index contributed by atoms with van der Waals surface area (Å²) in [7, 11) is 0. The Bertz CT molecular complexity index is 595. The number of hydrogen-bond acceptors (Lipinski definition) is 3. The molecule has 0 amide bonds. The molecule has 0 bridgehead atoms. The van der Waals surface area contributed by atoms with Gasteiger partial charge in [0, 0.05) is 0 Å². The molecule has 4 aliphatic carbocycles. The Hall–Kier alpha value is -0.960. The summed E-state index contributed by atoms with van der Waals surface area (Å²) >= 11 is 0. The van der Waals surface area contributed by atoms with Crippen LogP contribution in [0.15, 0.2) is 28.5 Å². The van der Waals surface area contributed by atoms with Gasteiger partial charge < -0.3 is 5.11 Å². The molecule has 4 aliphatic rings. The van der Waals surface area contributed by atoms with Gasteiger partial charge in [0.2, 0.25) is 0 Å². The maximum atomic E-state index is 10.6. The van der Waals surface area contributed by atoms with Crippen LogP contribution in [0.5, 0.6) is 0 Å². The zero-order valence-corrected chi connectivity index (χ0v) is 15.1. The summed E-state index contributed by atoms with van der Waals surface area (Å²) in [5.41, 5.74) is 3.66. The van der Waals surface area contributed by atoms with Crippen LogP contribution in [0.3, 0.4) is 0 Å². The molecular weight excluding hydrogens is 298 g/mol. The second kappa shape index (κ2) is 5.79. The fourth-order valence-corrected chi connectivity index (χ4v) is 6.97. The molecule has 1 unspecified atom stereocenters. The minimum atomic E-state index is -0.119. The third kappa shape index (κ3) is 2.27. The van der Waals surface area contributed by atoms with Gasteiger partial charge in [-0.3, -0.25) is 0 Å². The predicted octanol–water partition coefficient (Wildman–Crippen LogP) is 5.00. The fourth-order valence-electron chi connectivity index (χ4n) is 6.97. The van der Waals surface area contributed by atoms with E-state index >= 15 is 0 Å². The number of nitrogens with zero attached hydrogens (tertiary/aromatic N) is 1. The number of rotatable bonds is 2. The van der Waals surface area contributed by atoms with Crippen molar-refractivity contribution in [3.8, 4) is 0 Å². The average molecular weight is 329 g/mol. The number of aliphatic hydroxyl groups excluding tert-OH is 1. The molecule has 3 nitrogen and oxygen atoms in total. The summed E-state index contributed by atoms with van der Waals surface area (Å²) < 4.78 is 0. The molecule has 0 radical (unpaired) electrons. The second-order valence-corrected chi connectivity index (χ2v) is 9.19. The van der Waals surface area contributed by atoms with Gasteiger partial charge in [-0.1, -0.05) is 42.3 Å². The lowest BCUT2D eigenvalue weighted by molar-refractivity contribution is -0.0268. The van der Waals surface area contributed by atoms with Crippen LogP contribution in [0.2, 0.25) is 0 Å². The molecular formula is C21H31NO2. The standard InChI is InChI=1S/C21H31NO2/c1-20-11-8-19-17(18(20)6-4-14(20)9-12-22-24)5-3-15-13-16(23)7-10-21(15,19)2/h3,9,16-19,23H,4-8,10-13H2,1-2H3/b14-9-/t16-,17-,18?,19-,20+,21-/m0/s1. The van der Waals surface area contributed by atoms with Crippen molar-refractivity contribution in [3.63, 3.8) is 0 Å². The van der Waals surface area contributed by atoms with Gasteiger partial charge in [-0.05, 0) is 80.0 Å². The molecule has 3 fully saturated rings. The van der Waals surface area contributed by atoms with E-state index in [0.29, 0.717) is 17.4 Å². The first-order valence-corrected chi connectivity index (χ1v) is 9.85. The van der Waals surface area contributed by atoms with Gasteiger partial charge in [0.05, 0.1) is 12.6 Å². The van der Waals surface area contributed by atoms with Crippen LogP contribution in [-0.2, 0) is 0 Å². The normalized spacial score (nSPS) is 49.1. The minimum absolute atomic E-state index is 0.119. The zero-order chi connectivity index (χ0) is 16.9. The molecule has 0 heterocycles. The molecule has 24 heavy (non-hydrogen) atoms. The van der Waals surface area contributed by atoms with E-state index in [1.54, 1.807) is 5.57 Å². The van der Waals surface area contributed by atoms with Gasteiger partial charge in [0.1, 0.15) is 0 Å². The van der Waals surface area contributed by atoms with Crippen LogP contribution < -0.4 is 0 Å². The van der Waals surface area contributed by atoms with Crippen LogP contribution in [0.1, 0.15) is 65.2 Å². The Morgan fingerprint density at radius 1 is 1.21 bits per heavy atom. The van der Waals surface area contributed by atoms with Crippen LogP contribution in [-0.4, -0.2) is 17.8 Å². The maximum absolute atomic E-state index is 10.6. The first kappa shape index (κ1) is 16.5. The zero-order valence-electron chi connectivity index (χ0n) is 15.1. The highest BCUT2D eigenvalue weighted by atomic mass is 16.3. The minimum Gasteiger partial charge on any atom is -0.393 e. The number of nitroso groups, excluding NO2 is 1. The third-order valence-electron chi connectivity index (χ3n) is 8.34. The molecule has 0 spiro atoms. The van der Waals surface area contributed by atoms with Gasteiger partial charge in [-0.2, -0.15) is 4.91 Å². The molecule has 0 aromatic carbocycles. The molecule has 0 aromatic heterocycles. The molecule has 1 N–H and O–H groups in total. The Labute approximate surface area is 145 Å². The van der Waals surface area contributed by atoms with Crippen molar-refractivity contribution in [1.29, 1.82) is 0 Å². The first-order chi connectivity index (χ1) is 11.5. The fraction of sp³-hybridized carbons (Fsp3) is 0.810. The van der Waals surface area contributed by atoms with E-state index in [0.717, 1.165) is 43.4 Å². The lowest BCUT2D eigenvalue weighted by atomic mass is 9.48. The van der Waals surface area contributed by atoms with E-state index in [2.05, 4.69) is 31.2 Å². The Morgan fingerprint density at radius 3 is 2.75 bits per heavy atom. The Morgan fingerprint density at radius 2 is 1.96 bits per heavy atom. The molecule has 3 heteroatoms. The second-order valence-electron chi connectivity index (χ2n) is 9.19. The third-order valence-corrected chi connectivity index (χ3v) is 8.34. The first-order valence-electron chi connectivity index (χ1n) is 9.85. The quantitative estimate of drug-likeness (QED) is 0.572. The smallest absolute Gasteiger partial charge is 0.0995 e. The van der Waals surface area contributed by atoms with E-state index in [-0.39, 0.29) is 6.10 Å². The molecule has 3 saturated carbocycles. The van der Waals surface area contributed by atoms with Crippen molar-refractivity contribution in [1.82, 2.24) is 0 Å². The topological polar surface area (TPSA) is 49.7 Å². The van der Waals surface area contributed by atoms with Gasteiger partial charge in [-0.25, -0.2) is 0 Å². The molecule has 4 rings (SSSR count). The van der Waals surface area contributed by atoms with E-state index in [4.69, 9.17) is 0 Å². The SMILES string of the molecule is C[C@]12CC[C@H](O)CC1=CC[C@H]1C3CC/C(=C/CN=O)[C@@]3(C)CC[C@@H]12. The largest absolute Gasteiger partial charge is 0.393 e. The van der Waals surface area contributed by atoms with Crippen molar-refractivity contribution in [3.05, 3.63) is 28.2 Å². The molecule has 0 saturated heterocycles. The van der Waals surface area contributed by atoms with Crippen LogP contribution in [0.25, 0.3) is 0 Å². The Kier molecular flexibility index (Phi) is 3.98. The maximum Gasteiger partial charge on any atom is 0.0995 e. The molecule has 0 aliphatic heterocycles. The van der Waals surface area contributed by atoms with Crippen LogP contribution in [0, 0.1) is 33.5 Å². The molecule has 0 aromatic rings.